The van der Waals surface area contributed by atoms with Gasteiger partial charge < -0.3 is 11.1 Å². The van der Waals surface area contributed by atoms with Crippen LogP contribution in [0.2, 0.25) is 0 Å². The minimum atomic E-state index is -4.22. The smallest absolute Gasteiger partial charge is 0.390 e. The predicted octanol–water partition coefficient (Wildman–Crippen LogP) is 2.77. The van der Waals surface area contributed by atoms with Crippen LogP contribution in [-0.4, -0.2) is 12.7 Å². The zero-order chi connectivity index (χ0) is 11.5. The molecule has 1 rings (SSSR count). The second kappa shape index (κ2) is 4.37. The van der Waals surface area contributed by atoms with Gasteiger partial charge in [-0.25, -0.2) is 4.39 Å². The Morgan fingerprint density at radius 3 is 2.40 bits per heavy atom. The molecular formula is C9H10F4N2. The van der Waals surface area contributed by atoms with Crippen LogP contribution in [0.15, 0.2) is 18.2 Å². The molecule has 3 N–H and O–H groups in total. The summed E-state index contributed by atoms with van der Waals surface area (Å²) in [7, 11) is 0. The molecule has 0 fully saturated rings. The number of benzene rings is 1. The van der Waals surface area contributed by atoms with Gasteiger partial charge in [-0.15, -0.1) is 0 Å². The van der Waals surface area contributed by atoms with Crippen molar-refractivity contribution in [3.8, 4) is 0 Å². The van der Waals surface area contributed by atoms with Crippen LogP contribution < -0.4 is 11.1 Å². The number of rotatable bonds is 3. The minimum Gasteiger partial charge on any atom is -0.399 e. The SMILES string of the molecule is Nc1cc(F)cc(NCCC(F)(F)F)c1. The van der Waals surface area contributed by atoms with Gasteiger partial charge in [0.05, 0.1) is 6.42 Å². The molecule has 15 heavy (non-hydrogen) atoms. The molecule has 0 unspecified atom stereocenters. The van der Waals surface area contributed by atoms with Gasteiger partial charge in [-0.3, -0.25) is 0 Å². The maximum Gasteiger partial charge on any atom is 0.390 e. The lowest BCUT2D eigenvalue weighted by Crippen LogP contribution is -2.14. The number of hydrogen-bond acceptors (Lipinski definition) is 2. The molecule has 0 aromatic heterocycles. The second-order valence-corrected chi connectivity index (χ2v) is 3.07. The highest BCUT2D eigenvalue weighted by Crippen LogP contribution is 2.20. The number of nitrogens with two attached hydrogens (primary N) is 1. The summed E-state index contributed by atoms with van der Waals surface area (Å²) in [6.45, 7) is -0.299. The maximum absolute atomic E-state index is 12.7. The van der Waals surface area contributed by atoms with Crippen LogP contribution >= 0.6 is 0 Å². The van der Waals surface area contributed by atoms with Crippen LogP contribution in [-0.2, 0) is 0 Å². The lowest BCUT2D eigenvalue weighted by atomic mass is 10.2. The van der Waals surface area contributed by atoms with Gasteiger partial charge in [0.25, 0.3) is 0 Å². The third-order valence-electron chi connectivity index (χ3n) is 1.66. The van der Waals surface area contributed by atoms with Gasteiger partial charge in [0.1, 0.15) is 5.82 Å². The summed E-state index contributed by atoms with van der Waals surface area (Å²) in [6.07, 6.45) is -5.19. The molecule has 0 amide bonds. The zero-order valence-corrected chi connectivity index (χ0v) is 7.74. The van der Waals surface area contributed by atoms with Crippen molar-refractivity contribution in [1.29, 1.82) is 0 Å². The first-order valence-electron chi connectivity index (χ1n) is 4.23. The largest absolute Gasteiger partial charge is 0.399 e. The first kappa shape index (κ1) is 11.6. The standard InChI is InChI=1S/C9H10F4N2/c10-6-3-7(14)5-8(4-6)15-2-1-9(11,12)13/h3-5,15H,1-2,14H2. The number of nitrogens with one attached hydrogen (secondary N) is 1. The first-order chi connectivity index (χ1) is 6.87. The molecule has 0 atom stereocenters. The van der Waals surface area contributed by atoms with Gasteiger partial charge >= 0.3 is 6.18 Å². The summed E-state index contributed by atoms with van der Waals surface area (Å²) in [5.41, 5.74) is 5.73. The van der Waals surface area contributed by atoms with Crippen LogP contribution in [0.3, 0.4) is 0 Å². The van der Waals surface area contributed by atoms with E-state index in [1.165, 1.54) is 6.07 Å². The molecule has 0 heterocycles. The van der Waals surface area contributed by atoms with Crippen LogP contribution in [0.5, 0.6) is 0 Å². The fraction of sp³-hybridized carbons (Fsp3) is 0.333. The molecule has 0 aliphatic carbocycles. The van der Waals surface area contributed by atoms with Gasteiger partial charge in [-0.05, 0) is 18.2 Å². The molecule has 84 valence electrons. The number of nitrogen functional groups attached to an aromatic ring is 1. The van der Waals surface area contributed by atoms with Gasteiger partial charge in [0.15, 0.2) is 0 Å². The van der Waals surface area contributed by atoms with E-state index in [1.54, 1.807) is 0 Å². The van der Waals surface area contributed by atoms with E-state index in [0.29, 0.717) is 0 Å². The van der Waals surface area contributed by atoms with E-state index in [0.717, 1.165) is 12.1 Å². The lowest BCUT2D eigenvalue weighted by molar-refractivity contribution is -0.131. The van der Waals surface area contributed by atoms with Crippen molar-refractivity contribution in [3.63, 3.8) is 0 Å². The highest BCUT2D eigenvalue weighted by atomic mass is 19.4. The third-order valence-corrected chi connectivity index (χ3v) is 1.66. The summed E-state index contributed by atoms with van der Waals surface area (Å²) >= 11 is 0. The van der Waals surface area contributed by atoms with Gasteiger partial charge in [0.2, 0.25) is 0 Å². The summed E-state index contributed by atoms with van der Waals surface area (Å²) < 4.78 is 48.1. The van der Waals surface area contributed by atoms with Crippen LogP contribution in [0.4, 0.5) is 28.9 Å². The summed E-state index contributed by atoms with van der Waals surface area (Å²) in [4.78, 5) is 0. The summed E-state index contributed by atoms with van der Waals surface area (Å²) in [5, 5.41) is 2.44. The molecule has 1 aromatic rings. The summed E-state index contributed by atoms with van der Waals surface area (Å²) in [6, 6.07) is 3.56. The molecule has 0 saturated carbocycles. The van der Waals surface area contributed by atoms with E-state index in [2.05, 4.69) is 5.32 Å². The van der Waals surface area contributed by atoms with Crippen LogP contribution in [0.25, 0.3) is 0 Å². The number of halogens is 4. The molecule has 0 aliphatic heterocycles. The Balaban J connectivity index is 2.51. The molecule has 0 saturated heterocycles. The Morgan fingerprint density at radius 1 is 1.20 bits per heavy atom. The molecule has 0 spiro atoms. The fourth-order valence-electron chi connectivity index (χ4n) is 1.06. The first-order valence-corrected chi connectivity index (χ1v) is 4.23. The van der Waals surface area contributed by atoms with E-state index in [4.69, 9.17) is 5.73 Å². The number of alkyl halides is 3. The molecule has 0 bridgehead atoms. The van der Waals surface area contributed by atoms with Gasteiger partial charge in [-0.2, -0.15) is 13.2 Å². The van der Waals surface area contributed by atoms with Crippen molar-refractivity contribution >= 4 is 11.4 Å². The fourth-order valence-corrected chi connectivity index (χ4v) is 1.06. The highest BCUT2D eigenvalue weighted by molar-refractivity contribution is 5.54. The van der Waals surface area contributed by atoms with E-state index in [1.807, 2.05) is 0 Å². The molecule has 0 aliphatic rings. The average molecular weight is 222 g/mol. The Bertz CT molecular complexity index is 315. The molecule has 0 radical (unpaired) electrons. The summed E-state index contributed by atoms with van der Waals surface area (Å²) in [5.74, 6) is -0.579. The van der Waals surface area contributed by atoms with E-state index >= 15 is 0 Å². The molecule has 2 nitrogen and oxygen atoms in total. The predicted molar refractivity (Wildman–Crippen MR) is 50.0 cm³/mol. The Morgan fingerprint density at radius 2 is 1.87 bits per heavy atom. The number of anilines is 2. The maximum atomic E-state index is 12.7. The zero-order valence-electron chi connectivity index (χ0n) is 7.74. The van der Waals surface area contributed by atoms with Crippen LogP contribution in [0, 0.1) is 5.82 Å². The van der Waals surface area contributed by atoms with Crippen molar-refractivity contribution < 1.29 is 17.6 Å². The number of hydrogen-bond donors (Lipinski definition) is 2. The van der Waals surface area contributed by atoms with Gasteiger partial charge in [0, 0.05) is 17.9 Å². The van der Waals surface area contributed by atoms with Crippen molar-refractivity contribution in [1.82, 2.24) is 0 Å². The Kier molecular flexibility index (Phi) is 3.39. The average Bonchev–Trinajstić information content (AvgIpc) is 1.99. The van der Waals surface area contributed by atoms with Gasteiger partial charge in [-0.1, -0.05) is 0 Å². The molecule has 1 aromatic carbocycles. The molecule has 6 heteroatoms. The minimum absolute atomic E-state index is 0.171. The van der Waals surface area contributed by atoms with Crippen molar-refractivity contribution in [3.05, 3.63) is 24.0 Å². The normalized spacial score (nSPS) is 11.5. The highest BCUT2D eigenvalue weighted by Gasteiger charge is 2.26. The van der Waals surface area contributed by atoms with Crippen molar-refractivity contribution in [2.24, 2.45) is 0 Å². The third kappa shape index (κ3) is 4.53. The monoisotopic (exact) mass is 222 g/mol. The lowest BCUT2D eigenvalue weighted by Gasteiger charge is -2.09. The van der Waals surface area contributed by atoms with Crippen molar-refractivity contribution in [2.45, 2.75) is 12.6 Å². The van der Waals surface area contributed by atoms with E-state index in [9.17, 15) is 17.6 Å². The Labute approximate surface area is 84.1 Å². The quantitative estimate of drug-likeness (QED) is 0.609. The second-order valence-electron chi connectivity index (χ2n) is 3.07. The van der Waals surface area contributed by atoms with Crippen molar-refractivity contribution in [2.75, 3.05) is 17.6 Å². The molecular weight excluding hydrogens is 212 g/mol. The van der Waals surface area contributed by atoms with E-state index < -0.39 is 18.4 Å². The topological polar surface area (TPSA) is 38.0 Å². The van der Waals surface area contributed by atoms with E-state index in [-0.39, 0.29) is 17.9 Å². The van der Waals surface area contributed by atoms with Crippen LogP contribution in [0.1, 0.15) is 6.42 Å². The Hall–Kier alpha value is -1.46.